The van der Waals surface area contributed by atoms with Gasteiger partial charge in [0.1, 0.15) is 5.82 Å². The SMILES string of the molecule is CC(=O)N1CCN(C(=O)c2cc(S)ccc2F)CC1. The summed E-state index contributed by atoms with van der Waals surface area (Å²) in [6, 6.07) is 4.17. The average molecular weight is 282 g/mol. The van der Waals surface area contributed by atoms with E-state index < -0.39 is 5.82 Å². The highest BCUT2D eigenvalue weighted by Crippen LogP contribution is 2.16. The van der Waals surface area contributed by atoms with Gasteiger partial charge in [0, 0.05) is 38.0 Å². The van der Waals surface area contributed by atoms with Crippen molar-refractivity contribution < 1.29 is 14.0 Å². The third-order valence-corrected chi connectivity index (χ3v) is 3.47. The first kappa shape index (κ1) is 13.9. The molecule has 6 heteroatoms. The van der Waals surface area contributed by atoms with Gasteiger partial charge < -0.3 is 9.80 Å². The van der Waals surface area contributed by atoms with Crippen LogP contribution in [0.25, 0.3) is 0 Å². The molecular formula is C13H15FN2O2S. The van der Waals surface area contributed by atoms with Gasteiger partial charge in [0.2, 0.25) is 5.91 Å². The zero-order chi connectivity index (χ0) is 14.0. The Hall–Kier alpha value is -1.56. The minimum atomic E-state index is -0.545. The molecule has 2 amide bonds. The fraction of sp³-hybridized carbons (Fsp3) is 0.385. The summed E-state index contributed by atoms with van der Waals surface area (Å²) in [5.41, 5.74) is 0.0313. The van der Waals surface area contributed by atoms with Gasteiger partial charge >= 0.3 is 0 Å². The molecule has 1 fully saturated rings. The van der Waals surface area contributed by atoms with Crippen LogP contribution in [0.1, 0.15) is 17.3 Å². The molecule has 19 heavy (non-hydrogen) atoms. The smallest absolute Gasteiger partial charge is 0.256 e. The molecule has 102 valence electrons. The van der Waals surface area contributed by atoms with Gasteiger partial charge in [-0.05, 0) is 18.2 Å². The van der Waals surface area contributed by atoms with Crippen molar-refractivity contribution in [2.75, 3.05) is 26.2 Å². The molecule has 1 saturated heterocycles. The molecule has 0 aliphatic carbocycles. The number of benzene rings is 1. The second-order valence-electron chi connectivity index (χ2n) is 4.46. The lowest BCUT2D eigenvalue weighted by atomic mass is 10.1. The molecule has 0 aromatic heterocycles. The van der Waals surface area contributed by atoms with Crippen molar-refractivity contribution in [2.24, 2.45) is 0 Å². The Morgan fingerprint density at radius 3 is 2.32 bits per heavy atom. The van der Waals surface area contributed by atoms with Crippen molar-refractivity contribution in [1.82, 2.24) is 9.80 Å². The molecule has 0 radical (unpaired) electrons. The summed E-state index contributed by atoms with van der Waals surface area (Å²) in [6.45, 7) is 3.33. The van der Waals surface area contributed by atoms with Crippen LogP contribution in [-0.2, 0) is 4.79 Å². The van der Waals surface area contributed by atoms with Gasteiger partial charge in [0.15, 0.2) is 0 Å². The van der Waals surface area contributed by atoms with Crippen LogP contribution in [0.15, 0.2) is 23.1 Å². The zero-order valence-corrected chi connectivity index (χ0v) is 11.5. The van der Waals surface area contributed by atoms with Crippen molar-refractivity contribution >= 4 is 24.4 Å². The van der Waals surface area contributed by atoms with Gasteiger partial charge in [0.05, 0.1) is 5.56 Å². The number of rotatable bonds is 1. The summed E-state index contributed by atoms with van der Waals surface area (Å²) in [4.78, 5) is 27.2. The third-order valence-electron chi connectivity index (χ3n) is 3.19. The van der Waals surface area contributed by atoms with E-state index >= 15 is 0 Å². The topological polar surface area (TPSA) is 40.6 Å². The minimum absolute atomic E-state index is 0.00404. The lowest BCUT2D eigenvalue weighted by Gasteiger charge is -2.34. The molecule has 2 rings (SSSR count). The maximum absolute atomic E-state index is 13.6. The molecule has 0 saturated carbocycles. The first-order chi connectivity index (χ1) is 8.99. The summed E-state index contributed by atoms with van der Waals surface area (Å²) < 4.78 is 13.6. The van der Waals surface area contributed by atoms with E-state index in [0.717, 1.165) is 0 Å². The molecule has 1 aromatic carbocycles. The lowest BCUT2D eigenvalue weighted by molar-refractivity contribution is -0.130. The quantitative estimate of drug-likeness (QED) is 0.791. The summed E-state index contributed by atoms with van der Waals surface area (Å²) in [5.74, 6) is -0.899. The van der Waals surface area contributed by atoms with Crippen LogP contribution in [0.4, 0.5) is 4.39 Å². The second-order valence-corrected chi connectivity index (χ2v) is 4.98. The van der Waals surface area contributed by atoms with Crippen LogP contribution in [0.3, 0.4) is 0 Å². The van der Waals surface area contributed by atoms with Gasteiger partial charge in [-0.3, -0.25) is 9.59 Å². The van der Waals surface area contributed by atoms with Crippen LogP contribution in [0.2, 0.25) is 0 Å². The normalized spacial score (nSPS) is 15.5. The maximum atomic E-state index is 13.6. The highest BCUT2D eigenvalue weighted by molar-refractivity contribution is 7.80. The molecule has 0 unspecified atom stereocenters. The lowest BCUT2D eigenvalue weighted by Crippen LogP contribution is -2.50. The highest BCUT2D eigenvalue weighted by Gasteiger charge is 2.24. The molecule has 0 bridgehead atoms. The standard InChI is InChI=1S/C13H15FN2O2S/c1-9(17)15-4-6-16(7-5-15)13(18)11-8-10(19)2-3-12(11)14/h2-3,8,19H,4-7H2,1H3. The van der Waals surface area contributed by atoms with Crippen molar-refractivity contribution in [3.8, 4) is 0 Å². The third kappa shape index (κ3) is 3.07. The fourth-order valence-electron chi connectivity index (χ4n) is 2.07. The summed E-state index contributed by atoms with van der Waals surface area (Å²) >= 11 is 4.11. The monoisotopic (exact) mass is 282 g/mol. The Morgan fingerprint density at radius 1 is 1.16 bits per heavy atom. The molecule has 1 aliphatic heterocycles. The predicted octanol–water partition coefficient (Wildman–Crippen LogP) is 1.42. The fourth-order valence-corrected chi connectivity index (χ4v) is 2.28. The van der Waals surface area contributed by atoms with Crippen molar-refractivity contribution in [1.29, 1.82) is 0 Å². The van der Waals surface area contributed by atoms with Crippen LogP contribution in [-0.4, -0.2) is 47.8 Å². The molecule has 1 heterocycles. The molecule has 1 aromatic rings. The number of halogens is 1. The number of amides is 2. The summed E-state index contributed by atoms with van der Waals surface area (Å²) in [6.07, 6.45) is 0. The molecule has 0 N–H and O–H groups in total. The Kier molecular flexibility index (Phi) is 4.09. The van der Waals surface area contributed by atoms with Crippen LogP contribution >= 0.6 is 12.6 Å². The number of hydrogen-bond acceptors (Lipinski definition) is 3. The molecule has 0 atom stereocenters. The van der Waals surface area contributed by atoms with Crippen LogP contribution < -0.4 is 0 Å². The molecular weight excluding hydrogens is 267 g/mol. The summed E-state index contributed by atoms with van der Waals surface area (Å²) in [7, 11) is 0. The number of thiol groups is 1. The van der Waals surface area contributed by atoms with Gasteiger partial charge in [0.25, 0.3) is 5.91 Å². The molecule has 4 nitrogen and oxygen atoms in total. The zero-order valence-electron chi connectivity index (χ0n) is 10.6. The number of nitrogens with zero attached hydrogens (tertiary/aromatic N) is 2. The summed E-state index contributed by atoms with van der Waals surface area (Å²) in [5, 5.41) is 0. The van der Waals surface area contributed by atoms with Crippen molar-refractivity contribution in [3.63, 3.8) is 0 Å². The van der Waals surface area contributed by atoms with E-state index in [1.807, 2.05) is 0 Å². The molecule has 1 aliphatic rings. The van der Waals surface area contributed by atoms with Crippen molar-refractivity contribution in [3.05, 3.63) is 29.6 Å². The number of hydrogen-bond donors (Lipinski definition) is 1. The van der Waals surface area contributed by atoms with Gasteiger partial charge in [-0.2, -0.15) is 0 Å². The second kappa shape index (κ2) is 5.61. The van der Waals surface area contributed by atoms with E-state index in [-0.39, 0.29) is 17.4 Å². The Labute approximate surface area is 116 Å². The van der Waals surface area contributed by atoms with E-state index in [4.69, 9.17) is 0 Å². The Balaban J connectivity index is 2.09. The van der Waals surface area contributed by atoms with E-state index in [2.05, 4.69) is 12.6 Å². The van der Waals surface area contributed by atoms with Gasteiger partial charge in [-0.15, -0.1) is 12.6 Å². The largest absolute Gasteiger partial charge is 0.339 e. The maximum Gasteiger partial charge on any atom is 0.256 e. The Morgan fingerprint density at radius 2 is 1.74 bits per heavy atom. The van der Waals surface area contributed by atoms with E-state index in [9.17, 15) is 14.0 Å². The number of carbonyl (C=O) groups excluding carboxylic acids is 2. The highest BCUT2D eigenvalue weighted by atomic mass is 32.1. The van der Waals surface area contributed by atoms with Gasteiger partial charge in [-0.25, -0.2) is 4.39 Å². The minimum Gasteiger partial charge on any atom is -0.339 e. The number of piperazine rings is 1. The first-order valence-electron chi connectivity index (χ1n) is 6.02. The van der Waals surface area contributed by atoms with Crippen LogP contribution in [0.5, 0.6) is 0 Å². The van der Waals surface area contributed by atoms with Crippen LogP contribution in [0, 0.1) is 5.82 Å². The predicted molar refractivity (Wildman–Crippen MR) is 71.8 cm³/mol. The van der Waals surface area contributed by atoms with E-state index in [0.29, 0.717) is 31.1 Å². The van der Waals surface area contributed by atoms with E-state index in [1.165, 1.54) is 25.1 Å². The first-order valence-corrected chi connectivity index (χ1v) is 6.47. The van der Waals surface area contributed by atoms with Gasteiger partial charge in [-0.1, -0.05) is 0 Å². The average Bonchev–Trinajstić information content (AvgIpc) is 2.41. The molecule has 0 spiro atoms. The van der Waals surface area contributed by atoms with E-state index in [1.54, 1.807) is 9.80 Å². The van der Waals surface area contributed by atoms with Crippen molar-refractivity contribution in [2.45, 2.75) is 11.8 Å². The Bertz CT molecular complexity index is 513. The number of carbonyl (C=O) groups is 2.